The molecule has 3 aromatic rings. The number of alkyl halides is 3. The van der Waals surface area contributed by atoms with Crippen LogP contribution in [0.1, 0.15) is 16.7 Å². The van der Waals surface area contributed by atoms with E-state index in [2.05, 4.69) is 10.0 Å². The van der Waals surface area contributed by atoms with Crippen molar-refractivity contribution < 1.29 is 28.4 Å². The SMILES string of the molecule is COc1ccc(CO[C@@H]2C(COCc3ccccc3)O[C@H](OC(=N)C(Cl)(Cl)Cl)C(N=[N+]=[N-])C2OCc2ccccc2)cc1. The predicted octanol–water partition coefficient (Wildman–Crippen LogP) is 7.15. The Morgan fingerprint density at radius 3 is 1.98 bits per heavy atom. The average Bonchev–Trinajstić information content (AvgIpc) is 3.01. The first-order chi connectivity index (χ1) is 20.8. The molecule has 1 N–H and O–H groups in total. The monoisotopic (exact) mass is 648 g/mol. The van der Waals surface area contributed by atoms with Crippen molar-refractivity contribution in [1.29, 1.82) is 5.41 Å². The van der Waals surface area contributed by atoms with Crippen molar-refractivity contribution in [3.05, 3.63) is 112 Å². The standard InChI is InChI=1S/C30H31Cl3N4O6/c1-38-23-14-12-22(13-15-23)18-40-26-24(19-39-16-20-8-4-2-5-9-20)42-28(43-29(34)30(31,32)33)25(36-37-35)27(26)41-17-21-10-6-3-7-11-21/h2-15,24-28,34H,16-19H2,1H3/t24?,25?,26-,27?,28-/m1/s1. The van der Waals surface area contributed by atoms with Crippen LogP contribution in [0.3, 0.4) is 0 Å². The van der Waals surface area contributed by atoms with Crippen molar-refractivity contribution in [3.8, 4) is 5.75 Å². The molecule has 3 unspecified atom stereocenters. The largest absolute Gasteiger partial charge is 0.497 e. The van der Waals surface area contributed by atoms with E-state index in [-0.39, 0.29) is 19.8 Å². The zero-order valence-corrected chi connectivity index (χ0v) is 25.5. The molecule has 43 heavy (non-hydrogen) atoms. The number of methoxy groups -OCH3 is 1. The van der Waals surface area contributed by atoms with Crippen LogP contribution in [0.2, 0.25) is 0 Å². The number of rotatable bonds is 13. The molecule has 228 valence electrons. The highest BCUT2D eigenvalue weighted by Crippen LogP contribution is 2.34. The maximum absolute atomic E-state index is 9.49. The molecule has 1 saturated heterocycles. The molecular formula is C30H31Cl3N4O6. The number of hydrogen-bond donors (Lipinski definition) is 1. The first-order valence-electron chi connectivity index (χ1n) is 13.3. The minimum absolute atomic E-state index is 0.0529. The minimum Gasteiger partial charge on any atom is -0.497 e. The van der Waals surface area contributed by atoms with Gasteiger partial charge in [-0.05, 0) is 34.4 Å². The Kier molecular flexibility index (Phi) is 12.3. The van der Waals surface area contributed by atoms with Crippen LogP contribution in [0.5, 0.6) is 5.75 Å². The molecule has 3 aromatic carbocycles. The lowest BCUT2D eigenvalue weighted by molar-refractivity contribution is -0.269. The Labute approximate surface area is 264 Å². The van der Waals surface area contributed by atoms with Gasteiger partial charge in [0, 0.05) is 4.91 Å². The summed E-state index contributed by atoms with van der Waals surface area (Å²) in [5, 5.41) is 12.1. The summed E-state index contributed by atoms with van der Waals surface area (Å²) in [5.74, 6) is 0.00447. The molecule has 0 aromatic heterocycles. The molecule has 0 spiro atoms. The van der Waals surface area contributed by atoms with Gasteiger partial charge in [-0.2, -0.15) is 0 Å². The Bertz CT molecular complexity index is 1340. The van der Waals surface area contributed by atoms with Crippen LogP contribution in [0, 0.1) is 5.41 Å². The van der Waals surface area contributed by atoms with Gasteiger partial charge in [-0.25, -0.2) is 0 Å². The van der Waals surface area contributed by atoms with E-state index in [4.69, 9.17) is 68.6 Å². The van der Waals surface area contributed by atoms with Gasteiger partial charge in [0.05, 0.1) is 33.5 Å². The van der Waals surface area contributed by atoms with E-state index in [0.29, 0.717) is 12.4 Å². The molecule has 1 fully saturated rings. The lowest BCUT2D eigenvalue weighted by Crippen LogP contribution is -2.61. The number of ether oxygens (including phenoxy) is 6. The topological polar surface area (TPSA) is 128 Å². The number of nitrogens with zero attached hydrogens (tertiary/aromatic N) is 3. The number of benzene rings is 3. The summed E-state index contributed by atoms with van der Waals surface area (Å²) < 4.78 is 33.7. The molecule has 13 heteroatoms. The fourth-order valence-corrected chi connectivity index (χ4v) is 4.56. The molecule has 1 aliphatic heterocycles. The Balaban J connectivity index is 1.63. The molecule has 0 radical (unpaired) electrons. The summed E-state index contributed by atoms with van der Waals surface area (Å²) in [6.07, 6.45) is -3.83. The van der Waals surface area contributed by atoms with Crippen LogP contribution in [-0.2, 0) is 43.5 Å². The number of azide groups is 1. The van der Waals surface area contributed by atoms with Gasteiger partial charge in [-0.15, -0.1) is 0 Å². The highest BCUT2D eigenvalue weighted by molar-refractivity contribution is 6.76. The van der Waals surface area contributed by atoms with Crippen LogP contribution in [0.15, 0.2) is 90.0 Å². The highest BCUT2D eigenvalue weighted by Gasteiger charge is 2.50. The normalized spacial score (nSPS) is 21.9. The minimum atomic E-state index is -2.17. The second-order valence-corrected chi connectivity index (χ2v) is 11.9. The first-order valence-corrected chi connectivity index (χ1v) is 14.5. The van der Waals surface area contributed by atoms with Crippen LogP contribution < -0.4 is 4.74 Å². The van der Waals surface area contributed by atoms with E-state index >= 15 is 0 Å². The molecule has 0 aliphatic carbocycles. The summed E-state index contributed by atoms with van der Waals surface area (Å²) in [6.45, 7) is 0.697. The van der Waals surface area contributed by atoms with Crippen LogP contribution in [-0.4, -0.2) is 54.1 Å². The third-order valence-electron chi connectivity index (χ3n) is 6.57. The zero-order chi connectivity index (χ0) is 30.7. The Morgan fingerprint density at radius 1 is 0.860 bits per heavy atom. The van der Waals surface area contributed by atoms with E-state index < -0.39 is 40.3 Å². The van der Waals surface area contributed by atoms with Crippen LogP contribution in [0.25, 0.3) is 10.4 Å². The van der Waals surface area contributed by atoms with Gasteiger partial charge < -0.3 is 28.4 Å². The maximum Gasteiger partial charge on any atom is 0.265 e. The van der Waals surface area contributed by atoms with Crippen molar-refractivity contribution >= 4 is 40.7 Å². The molecule has 1 aliphatic rings. The van der Waals surface area contributed by atoms with E-state index in [1.807, 2.05) is 84.9 Å². The molecular weight excluding hydrogens is 619 g/mol. The summed E-state index contributed by atoms with van der Waals surface area (Å²) >= 11 is 17.7. The Morgan fingerprint density at radius 2 is 1.42 bits per heavy atom. The zero-order valence-electron chi connectivity index (χ0n) is 23.2. The number of hydrogen-bond acceptors (Lipinski definition) is 8. The van der Waals surface area contributed by atoms with Gasteiger partial charge in [0.25, 0.3) is 3.79 Å². The molecule has 0 bridgehead atoms. The van der Waals surface area contributed by atoms with Gasteiger partial charge in [-0.1, -0.05) is 113 Å². The van der Waals surface area contributed by atoms with E-state index in [1.165, 1.54) is 0 Å². The summed E-state index contributed by atoms with van der Waals surface area (Å²) in [6, 6.07) is 25.4. The van der Waals surface area contributed by atoms with E-state index in [9.17, 15) is 5.53 Å². The van der Waals surface area contributed by atoms with Gasteiger partial charge in [-0.3, -0.25) is 5.41 Å². The highest BCUT2D eigenvalue weighted by atomic mass is 35.6. The van der Waals surface area contributed by atoms with Gasteiger partial charge in [0.2, 0.25) is 12.2 Å². The second kappa shape index (κ2) is 16.1. The number of nitrogens with one attached hydrogen (secondary N) is 1. The predicted molar refractivity (Wildman–Crippen MR) is 163 cm³/mol. The van der Waals surface area contributed by atoms with Crippen molar-refractivity contribution in [2.24, 2.45) is 5.11 Å². The number of halogens is 3. The van der Waals surface area contributed by atoms with Gasteiger partial charge >= 0.3 is 0 Å². The first kappa shape index (κ1) is 32.9. The third-order valence-corrected chi connectivity index (χ3v) is 7.09. The van der Waals surface area contributed by atoms with Crippen molar-refractivity contribution in [1.82, 2.24) is 0 Å². The molecule has 1 heterocycles. The van der Waals surface area contributed by atoms with Crippen molar-refractivity contribution in [2.45, 2.75) is 54.3 Å². The van der Waals surface area contributed by atoms with Gasteiger partial charge in [0.1, 0.15) is 30.1 Å². The fraction of sp³-hybridized carbons (Fsp3) is 0.367. The van der Waals surface area contributed by atoms with Crippen molar-refractivity contribution in [3.63, 3.8) is 0 Å². The lowest BCUT2D eigenvalue weighted by atomic mass is 9.96. The quantitative estimate of drug-likeness (QED) is 0.0523. The van der Waals surface area contributed by atoms with E-state index in [1.54, 1.807) is 7.11 Å². The van der Waals surface area contributed by atoms with E-state index in [0.717, 1.165) is 16.7 Å². The lowest BCUT2D eigenvalue weighted by Gasteiger charge is -2.44. The fourth-order valence-electron chi connectivity index (χ4n) is 4.43. The summed E-state index contributed by atoms with van der Waals surface area (Å²) in [5.41, 5.74) is 12.2. The Hall–Kier alpha value is -3.05. The average molecular weight is 650 g/mol. The maximum atomic E-state index is 9.49. The second-order valence-electron chi connectivity index (χ2n) is 9.57. The van der Waals surface area contributed by atoms with Crippen LogP contribution in [0.4, 0.5) is 0 Å². The summed E-state index contributed by atoms with van der Waals surface area (Å²) in [7, 11) is 1.59. The molecule has 5 atom stereocenters. The molecule has 4 rings (SSSR count). The van der Waals surface area contributed by atoms with Crippen LogP contribution >= 0.6 is 34.8 Å². The van der Waals surface area contributed by atoms with Gasteiger partial charge in [0.15, 0.2) is 0 Å². The molecule has 10 nitrogen and oxygen atoms in total. The third kappa shape index (κ3) is 9.72. The smallest absolute Gasteiger partial charge is 0.265 e. The molecule has 0 saturated carbocycles. The summed E-state index contributed by atoms with van der Waals surface area (Å²) in [4.78, 5) is 3.00. The van der Waals surface area contributed by atoms with Crippen molar-refractivity contribution in [2.75, 3.05) is 13.7 Å². The molecule has 0 amide bonds.